The maximum Gasteiger partial charge on any atom is 0.136 e. The highest BCUT2D eigenvalue weighted by molar-refractivity contribution is 5.64. The van der Waals surface area contributed by atoms with Gasteiger partial charge in [0.15, 0.2) is 0 Å². The van der Waals surface area contributed by atoms with Crippen molar-refractivity contribution in [1.82, 2.24) is 0 Å². The molecule has 0 N–H and O–H groups in total. The Bertz CT molecular complexity index is 362. The Morgan fingerprint density at radius 2 is 2.07 bits per heavy atom. The van der Waals surface area contributed by atoms with Crippen molar-refractivity contribution < 1.29 is 4.42 Å². The van der Waals surface area contributed by atoms with Crippen molar-refractivity contribution in [2.75, 3.05) is 0 Å². The average molecular weight is 188 g/mol. The molecule has 0 radical (unpaired) electrons. The van der Waals surface area contributed by atoms with Crippen LogP contribution in [0.4, 0.5) is 0 Å². The summed E-state index contributed by atoms with van der Waals surface area (Å²) in [6, 6.07) is 8.37. The topological polar surface area (TPSA) is 13.1 Å². The maximum absolute atomic E-state index is 5.51. The molecule has 1 nitrogen and oxygen atoms in total. The molecule has 74 valence electrons. The third kappa shape index (κ3) is 1.82. The normalized spacial score (nSPS) is 10.9. The zero-order valence-corrected chi connectivity index (χ0v) is 8.62. The summed E-state index contributed by atoms with van der Waals surface area (Å²) in [5, 5.41) is 0. The lowest BCUT2D eigenvalue weighted by Crippen LogP contribution is -1.85. The van der Waals surface area contributed by atoms with Crippen LogP contribution >= 0.6 is 0 Å². The minimum absolute atomic E-state index is 1.07. The Morgan fingerprint density at radius 3 is 2.93 bits per heavy atom. The van der Waals surface area contributed by atoms with E-state index in [0.717, 1.165) is 12.2 Å². The van der Waals surface area contributed by atoms with E-state index in [9.17, 15) is 0 Å². The molecule has 1 heterocycles. The van der Waals surface area contributed by atoms with Crippen LogP contribution in [0.1, 0.15) is 31.7 Å². The van der Waals surface area contributed by atoms with Crippen molar-refractivity contribution in [3.8, 4) is 11.3 Å². The van der Waals surface area contributed by atoms with Gasteiger partial charge in [0.2, 0.25) is 0 Å². The second kappa shape index (κ2) is 4.32. The van der Waals surface area contributed by atoms with Crippen molar-refractivity contribution >= 4 is 0 Å². The molecule has 0 bridgehead atoms. The van der Waals surface area contributed by atoms with E-state index in [-0.39, 0.29) is 0 Å². The Kier molecular flexibility index (Phi) is 2.87. The molecule has 2 rings (SSSR count). The first-order valence-electron chi connectivity index (χ1n) is 5.37. The lowest BCUT2D eigenvalue weighted by Gasteiger charge is -2.01. The molecule has 1 aliphatic heterocycles. The molecule has 0 spiro atoms. The molecule has 0 aromatic carbocycles. The van der Waals surface area contributed by atoms with Gasteiger partial charge in [-0.3, -0.25) is 0 Å². The SMILES string of the molecule is CCCCCc1ccc2cccoc1-2. The van der Waals surface area contributed by atoms with Gasteiger partial charge in [-0.2, -0.15) is 0 Å². The second-order valence-electron chi connectivity index (χ2n) is 3.71. The Labute approximate surface area is 85.1 Å². The monoisotopic (exact) mass is 188 g/mol. The van der Waals surface area contributed by atoms with Crippen LogP contribution in [0.15, 0.2) is 34.9 Å². The molecule has 1 heteroatoms. The zero-order chi connectivity index (χ0) is 9.80. The van der Waals surface area contributed by atoms with Crippen molar-refractivity contribution in [2.24, 2.45) is 0 Å². The van der Waals surface area contributed by atoms with Gasteiger partial charge in [0.25, 0.3) is 0 Å². The van der Waals surface area contributed by atoms with Gasteiger partial charge in [-0.15, -0.1) is 0 Å². The zero-order valence-electron chi connectivity index (χ0n) is 8.62. The van der Waals surface area contributed by atoms with Crippen LogP contribution in [0.5, 0.6) is 0 Å². The predicted octanol–water partition coefficient (Wildman–Crippen LogP) is 4.12. The van der Waals surface area contributed by atoms with E-state index in [1.165, 1.54) is 30.4 Å². The third-order valence-corrected chi connectivity index (χ3v) is 2.61. The summed E-state index contributed by atoms with van der Waals surface area (Å²) < 4.78 is 5.51. The minimum Gasteiger partial charge on any atom is -0.464 e. The first-order valence-corrected chi connectivity index (χ1v) is 5.37. The van der Waals surface area contributed by atoms with E-state index < -0.39 is 0 Å². The predicted molar refractivity (Wildman–Crippen MR) is 58.6 cm³/mol. The van der Waals surface area contributed by atoms with Crippen molar-refractivity contribution in [2.45, 2.75) is 32.6 Å². The van der Waals surface area contributed by atoms with E-state index in [0.29, 0.717) is 0 Å². The van der Waals surface area contributed by atoms with Crippen LogP contribution in [0.2, 0.25) is 0 Å². The molecule has 0 fully saturated rings. The fourth-order valence-electron chi connectivity index (χ4n) is 1.81. The maximum atomic E-state index is 5.51. The Morgan fingerprint density at radius 1 is 1.14 bits per heavy atom. The molecular weight excluding hydrogens is 172 g/mol. The molecule has 0 saturated heterocycles. The quantitative estimate of drug-likeness (QED) is 0.658. The largest absolute Gasteiger partial charge is 0.464 e. The molecule has 0 saturated carbocycles. The molecule has 0 aromatic rings. The number of hydrogen-bond acceptors (Lipinski definition) is 1. The average Bonchev–Trinajstić information content (AvgIpc) is 2.63. The molecule has 0 atom stereocenters. The molecule has 0 aromatic heterocycles. The number of rotatable bonds is 4. The summed E-state index contributed by atoms with van der Waals surface area (Å²) in [5.74, 6) is 1.07. The number of hydrogen-bond donors (Lipinski definition) is 0. The molecule has 0 unspecified atom stereocenters. The Balaban J connectivity index is 2.11. The lowest BCUT2D eigenvalue weighted by atomic mass is 10.1. The highest BCUT2D eigenvalue weighted by Gasteiger charge is 2.09. The van der Waals surface area contributed by atoms with Crippen molar-refractivity contribution in [3.63, 3.8) is 0 Å². The highest BCUT2D eigenvalue weighted by Crippen LogP contribution is 2.28. The van der Waals surface area contributed by atoms with Crippen LogP contribution < -0.4 is 0 Å². The summed E-state index contributed by atoms with van der Waals surface area (Å²) >= 11 is 0. The van der Waals surface area contributed by atoms with Crippen LogP contribution in [0.25, 0.3) is 11.3 Å². The Hall–Kier alpha value is -1.24. The second-order valence-corrected chi connectivity index (χ2v) is 3.71. The van der Waals surface area contributed by atoms with Crippen LogP contribution in [0.3, 0.4) is 0 Å². The van der Waals surface area contributed by atoms with E-state index in [4.69, 9.17) is 4.42 Å². The van der Waals surface area contributed by atoms with Gasteiger partial charge in [0.1, 0.15) is 5.76 Å². The van der Waals surface area contributed by atoms with Crippen molar-refractivity contribution in [3.05, 3.63) is 36.1 Å². The minimum atomic E-state index is 1.07. The van der Waals surface area contributed by atoms with Gasteiger partial charge in [0, 0.05) is 5.56 Å². The first-order chi connectivity index (χ1) is 6.92. The smallest absolute Gasteiger partial charge is 0.136 e. The lowest BCUT2D eigenvalue weighted by molar-refractivity contribution is 0.558. The summed E-state index contributed by atoms with van der Waals surface area (Å²) in [5.41, 5.74) is 2.58. The van der Waals surface area contributed by atoms with Gasteiger partial charge < -0.3 is 4.42 Å². The van der Waals surface area contributed by atoms with E-state index in [1.54, 1.807) is 6.26 Å². The van der Waals surface area contributed by atoms with Crippen LogP contribution in [-0.4, -0.2) is 0 Å². The molecule has 2 aliphatic rings. The van der Waals surface area contributed by atoms with E-state index in [2.05, 4.69) is 25.1 Å². The van der Waals surface area contributed by atoms with Gasteiger partial charge in [-0.05, 0) is 30.5 Å². The first kappa shape index (κ1) is 9.32. The summed E-state index contributed by atoms with van der Waals surface area (Å²) in [4.78, 5) is 0. The number of fused-ring (bicyclic) bond motifs is 1. The molecule has 1 aliphatic carbocycles. The van der Waals surface area contributed by atoms with E-state index >= 15 is 0 Å². The fraction of sp³-hybridized carbons (Fsp3) is 0.385. The van der Waals surface area contributed by atoms with Gasteiger partial charge in [-0.1, -0.05) is 31.9 Å². The van der Waals surface area contributed by atoms with E-state index in [1.807, 2.05) is 6.07 Å². The summed E-state index contributed by atoms with van der Waals surface area (Å²) in [7, 11) is 0. The fourth-order valence-corrected chi connectivity index (χ4v) is 1.81. The van der Waals surface area contributed by atoms with Crippen LogP contribution in [0, 0.1) is 0 Å². The van der Waals surface area contributed by atoms with Crippen molar-refractivity contribution in [1.29, 1.82) is 0 Å². The molecule has 14 heavy (non-hydrogen) atoms. The van der Waals surface area contributed by atoms with Crippen LogP contribution in [-0.2, 0) is 6.42 Å². The van der Waals surface area contributed by atoms with Gasteiger partial charge in [0.05, 0.1) is 6.26 Å². The number of aryl methyl sites for hydroxylation is 1. The standard InChI is InChI=1S/C13H16O/c1-2-3-4-6-11-8-9-12-7-5-10-14-13(11)12/h5,7-10H,2-4,6H2,1H3. The summed E-state index contributed by atoms with van der Waals surface area (Å²) in [6.07, 6.45) is 6.74. The highest BCUT2D eigenvalue weighted by atomic mass is 16.3. The third-order valence-electron chi connectivity index (χ3n) is 2.61. The summed E-state index contributed by atoms with van der Waals surface area (Å²) in [6.45, 7) is 2.23. The van der Waals surface area contributed by atoms with Gasteiger partial charge >= 0.3 is 0 Å². The number of unbranched alkanes of at least 4 members (excludes halogenated alkanes) is 2. The van der Waals surface area contributed by atoms with Gasteiger partial charge in [-0.25, -0.2) is 0 Å². The molecule has 0 amide bonds. The molecular formula is C13H16O.